The molecule has 1 fully saturated rings. The standard InChI is InChI=1S/C19H39N/c1-7-14-20-17(10-13-18(4,5)6)19(15-16(2)3)11-8-9-12-19/h16-17,20H,7-15H2,1-6H3. The molecule has 1 aliphatic carbocycles. The second-order valence-electron chi connectivity index (χ2n) is 8.77. The van der Waals surface area contributed by atoms with Crippen LogP contribution in [0.5, 0.6) is 0 Å². The predicted molar refractivity (Wildman–Crippen MR) is 91.1 cm³/mol. The average molecular weight is 282 g/mol. The van der Waals surface area contributed by atoms with Crippen LogP contribution in [0, 0.1) is 16.7 Å². The van der Waals surface area contributed by atoms with Crippen molar-refractivity contribution in [3.05, 3.63) is 0 Å². The van der Waals surface area contributed by atoms with Gasteiger partial charge in [0.2, 0.25) is 0 Å². The molecule has 1 N–H and O–H groups in total. The summed E-state index contributed by atoms with van der Waals surface area (Å²) in [5.41, 5.74) is 1.05. The Hall–Kier alpha value is -0.0400. The van der Waals surface area contributed by atoms with Crippen LogP contribution in [0.15, 0.2) is 0 Å². The van der Waals surface area contributed by atoms with E-state index in [1.807, 2.05) is 0 Å². The van der Waals surface area contributed by atoms with Crippen LogP contribution in [0.25, 0.3) is 0 Å². The summed E-state index contributed by atoms with van der Waals surface area (Å²) in [6.07, 6.45) is 11.2. The quantitative estimate of drug-likeness (QED) is 0.594. The summed E-state index contributed by atoms with van der Waals surface area (Å²) in [4.78, 5) is 0. The zero-order valence-corrected chi connectivity index (χ0v) is 15.0. The van der Waals surface area contributed by atoms with Crippen LogP contribution in [-0.2, 0) is 0 Å². The van der Waals surface area contributed by atoms with Crippen LogP contribution in [0.4, 0.5) is 0 Å². The maximum absolute atomic E-state index is 3.93. The average Bonchev–Trinajstić information content (AvgIpc) is 2.76. The molecule has 0 radical (unpaired) electrons. The topological polar surface area (TPSA) is 12.0 Å². The van der Waals surface area contributed by atoms with Crippen LogP contribution < -0.4 is 5.32 Å². The minimum absolute atomic E-state index is 0.462. The summed E-state index contributed by atoms with van der Waals surface area (Å²) in [6.45, 7) is 15.4. The van der Waals surface area contributed by atoms with Gasteiger partial charge in [-0.1, -0.05) is 54.4 Å². The molecule has 0 spiro atoms. The van der Waals surface area contributed by atoms with E-state index in [2.05, 4.69) is 46.9 Å². The molecule has 120 valence electrons. The van der Waals surface area contributed by atoms with E-state index in [0.717, 1.165) is 12.0 Å². The minimum Gasteiger partial charge on any atom is -0.313 e. The fourth-order valence-corrected chi connectivity index (χ4v) is 4.11. The lowest BCUT2D eigenvalue weighted by Gasteiger charge is -2.41. The highest BCUT2D eigenvalue weighted by Crippen LogP contribution is 2.47. The van der Waals surface area contributed by atoms with Gasteiger partial charge in [-0.3, -0.25) is 0 Å². The summed E-state index contributed by atoms with van der Waals surface area (Å²) < 4.78 is 0. The van der Waals surface area contributed by atoms with Gasteiger partial charge in [-0.25, -0.2) is 0 Å². The third-order valence-corrected chi connectivity index (χ3v) is 4.98. The number of rotatable bonds is 8. The Morgan fingerprint density at radius 2 is 1.70 bits per heavy atom. The Morgan fingerprint density at radius 3 is 2.15 bits per heavy atom. The Morgan fingerprint density at radius 1 is 1.10 bits per heavy atom. The summed E-state index contributed by atoms with van der Waals surface area (Å²) >= 11 is 0. The van der Waals surface area contributed by atoms with Crippen LogP contribution in [0.2, 0.25) is 0 Å². The highest BCUT2D eigenvalue weighted by molar-refractivity contribution is 4.95. The maximum atomic E-state index is 3.93. The van der Waals surface area contributed by atoms with Gasteiger partial charge in [0, 0.05) is 6.04 Å². The summed E-state index contributed by atoms with van der Waals surface area (Å²) in [5.74, 6) is 0.827. The minimum atomic E-state index is 0.462. The van der Waals surface area contributed by atoms with E-state index >= 15 is 0 Å². The van der Waals surface area contributed by atoms with Gasteiger partial charge in [0.1, 0.15) is 0 Å². The molecule has 0 aromatic rings. The predicted octanol–water partition coefficient (Wildman–Crippen LogP) is 5.79. The Balaban J connectivity index is 2.75. The first-order valence-corrected chi connectivity index (χ1v) is 9.02. The lowest BCUT2D eigenvalue weighted by molar-refractivity contribution is 0.136. The third kappa shape index (κ3) is 5.76. The van der Waals surface area contributed by atoms with Crippen LogP contribution in [0.3, 0.4) is 0 Å². The molecule has 20 heavy (non-hydrogen) atoms. The summed E-state index contributed by atoms with van der Waals surface area (Å²) in [6, 6.07) is 0.742. The van der Waals surface area contributed by atoms with Crippen LogP contribution in [0.1, 0.15) is 92.9 Å². The molecule has 1 heteroatoms. The molecule has 1 atom stereocenters. The van der Waals surface area contributed by atoms with Crippen molar-refractivity contribution in [1.29, 1.82) is 0 Å². The van der Waals surface area contributed by atoms with Gasteiger partial charge in [-0.15, -0.1) is 0 Å². The summed E-state index contributed by atoms with van der Waals surface area (Å²) in [5, 5.41) is 3.93. The first-order valence-electron chi connectivity index (χ1n) is 9.02. The molecule has 1 rings (SSSR count). The van der Waals surface area contributed by atoms with Gasteiger partial charge in [-0.2, -0.15) is 0 Å². The molecule has 1 aliphatic rings. The fourth-order valence-electron chi connectivity index (χ4n) is 4.11. The molecule has 0 aromatic heterocycles. The van der Waals surface area contributed by atoms with Gasteiger partial charge in [-0.05, 0) is 61.8 Å². The third-order valence-electron chi connectivity index (χ3n) is 4.98. The van der Waals surface area contributed by atoms with E-state index in [9.17, 15) is 0 Å². The van der Waals surface area contributed by atoms with Crippen molar-refractivity contribution in [3.63, 3.8) is 0 Å². The van der Waals surface area contributed by atoms with E-state index in [4.69, 9.17) is 0 Å². The highest BCUT2D eigenvalue weighted by atomic mass is 14.9. The first kappa shape index (κ1) is 18.0. The van der Waals surface area contributed by atoms with E-state index in [0.29, 0.717) is 10.8 Å². The molecule has 1 unspecified atom stereocenters. The number of hydrogen-bond acceptors (Lipinski definition) is 1. The number of nitrogens with one attached hydrogen (secondary N) is 1. The number of hydrogen-bond donors (Lipinski definition) is 1. The van der Waals surface area contributed by atoms with Gasteiger partial charge in [0.05, 0.1) is 0 Å². The SMILES string of the molecule is CCCNC(CCC(C)(C)C)C1(CC(C)C)CCCC1. The van der Waals surface area contributed by atoms with Crippen molar-refractivity contribution in [1.82, 2.24) is 5.32 Å². The molecule has 0 amide bonds. The molecular weight excluding hydrogens is 242 g/mol. The lowest BCUT2D eigenvalue weighted by atomic mass is 9.70. The fraction of sp³-hybridized carbons (Fsp3) is 1.00. The highest BCUT2D eigenvalue weighted by Gasteiger charge is 2.41. The second kappa shape index (κ2) is 7.82. The van der Waals surface area contributed by atoms with Crippen LogP contribution >= 0.6 is 0 Å². The van der Waals surface area contributed by atoms with Gasteiger partial charge >= 0.3 is 0 Å². The zero-order valence-electron chi connectivity index (χ0n) is 15.0. The van der Waals surface area contributed by atoms with Crippen molar-refractivity contribution >= 4 is 0 Å². The van der Waals surface area contributed by atoms with Crippen molar-refractivity contribution in [2.24, 2.45) is 16.7 Å². The van der Waals surface area contributed by atoms with E-state index in [1.54, 1.807) is 0 Å². The molecule has 0 aliphatic heterocycles. The van der Waals surface area contributed by atoms with E-state index < -0.39 is 0 Å². The molecule has 0 saturated heterocycles. The lowest BCUT2D eigenvalue weighted by Crippen LogP contribution is -2.45. The largest absolute Gasteiger partial charge is 0.313 e. The van der Waals surface area contributed by atoms with Crippen molar-refractivity contribution in [2.75, 3.05) is 6.54 Å². The molecular formula is C19H39N. The van der Waals surface area contributed by atoms with Gasteiger partial charge in [0.25, 0.3) is 0 Å². The monoisotopic (exact) mass is 281 g/mol. The maximum Gasteiger partial charge on any atom is 0.0124 e. The second-order valence-corrected chi connectivity index (χ2v) is 8.77. The molecule has 1 nitrogen and oxygen atoms in total. The van der Waals surface area contributed by atoms with Crippen LogP contribution in [-0.4, -0.2) is 12.6 Å². The van der Waals surface area contributed by atoms with Crippen molar-refractivity contribution in [3.8, 4) is 0 Å². The Labute approximate surface area is 128 Å². The molecule has 0 heterocycles. The van der Waals surface area contributed by atoms with Gasteiger partial charge in [0.15, 0.2) is 0 Å². The summed E-state index contributed by atoms with van der Waals surface area (Å²) in [7, 11) is 0. The Kier molecular flexibility index (Phi) is 7.04. The zero-order chi connectivity index (χ0) is 15.2. The molecule has 0 aromatic carbocycles. The van der Waals surface area contributed by atoms with Crippen molar-refractivity contribution < 1.29 is 0 Å². The smallest absolute Gasteiger partial charge is 0.0124 e. The van der Waals surface area contributed by atoms with E-state index in [-0.39, 0.29) is 0 Å². The first-order chi connectivity index (χ1) is 9.29. The normalized spacial score (nSPS) is 20.6. The molecule has 0 bridgehead atoms. The van der Waals surface area contributed by atoms with E-state index in [1.165, 1.54) is 57.9 Å². The van der Waals surface area contributed by atoms with Gasteiger partial charge < -0.3 is 5.32 Å². The Bertz CT molecular complexity index is 255. The van der Waals surface area contributed by atoms with Crippen molar-refractivity contribution in [2.45, 2.75) is 99.0 Å². The molecule has 1 saturated carbocycles.